The lowest BCUT2D eigenvalue weighted by atomic mass is 10.2. The Morgan fingerprint density at radius 1 is 1.07 bits per heavy atom. The first-order chi connectivity index (χ1) is 13.9. The van der Waals surface area contributed by atoms with E-state index in [1.807, 2.05) is 24.4 Å². The first kappa shape index (κ1) is 22.6. The molecule has 2 rings (SSSR count). The van der Waals surface area contributed by atoms with Gasteiger partial charge in [-0.05, 0) is 56.5 Å². The second kappa shape index (κ2) is 11.3. The Morgan fingerprint density at radius 2 is 1.76 bits per heavy atom. The van der Waals surface area contributed by atoms with Gasteiger partial charge in [0, 0.05) is 10.6 Å². The van der Waals surface area contributed by atoms with Crippen LogP contribution in [0.3, 0.4) is 0 Å². The maximum absolute atomic E-state index is 12.3. The summed E-state index contributed by atoms with van der Waals surface area (Å²) in [6, 6.07) is 10.5. The molecule has 0 saturated heterocycles. The molecule has 2 amide bonds. The predicted molar refractivity (Wildman–Crippen MR) is 113 cm³/mol. The van der Waals surface area contributed by atoms with Crippen molar-refractivity contribution in [3.63, 3.8) is 0 Å². The summed E-state index contributed by atoms with van der Waals surface area (Å²) in [7, 11) is 0. The molecule has 0 fully saturated rings. The molecular formula is C21H28N3O4S+. The third-order valence-corrected chi connectivity index (χ3v) is 4.98. The summed E-state index contributed by atoms with van der Waals surface area (Å²) in [5.41, 5.74) is 1.02. The molecule has 156 valence electrons. The van der Waals surface area contributed by atoms with Crippen molar-refractivity contribution in [2.24, 2.45) is 0 Å². The van der Waals surface area contributed by atoms with Gasteiger partial charge in [-0.25, -0.2) is 4.79 Å². The van der Waals surface area contributed by atoms with Crippen LogP contribution >= 0.6 is 11.3 Å². The van der Waals surface area contributed by atoms with Crippen molar-refractivity contribution in [3.8, 4) is 0 Å². The van der Waals surface area contributed by atoms with Crippen molar-refractivity contribution in [3.05, 3.63) is 52.2 Å². The molecule has 3 N–H and O–H groups in total. The van der Waals surface area contributed by atoms with Crippen LogP contribution in [0.5, 0.6) is 0 Å². The van der Waals surface area contributed by atoms with Crippen LogP contribution in [0.1, 0.15) is 36.0 Å². The van der Waals surface area contributed by atoms with Gasteiger partial charge in [-0.1, -0.05) is 6.07 Å². The minimum atomic E-state index is -0.395. The van der Waals surface area contributed by atoms with Crippen molar-refractivity contribution in [1.29, 1.82) is 0 Å². The van der Waals surface area contributed by atoms with Gasteiger partial charge in [0.25, 0.3) is 11.8 Å². The zero-order valence-corrected chi connectivity index (χ0v) is 17.8. The van der Waals surface area contributed by atoms with E-state index in [1.165, 1.54) is 0 Å². The van der Waals surface area contributed by atoms with Crippen molar-refractivity contribution >= 4 is 34.8 Å². The first-order valence-corrected chi connectivity index (χ1v) is 10.5. The minimum Gasteiger partial charge on any atom is -0.459 e. The standard InChI is InChI=1S/C21H27N3O4S/c1-4-24(13-19(25)22-12-18-6-5-11-29-18)14-20(26)23-17-9-7-16(8-10-17)21(27)28-15(2)3/h5-11,15H,4,12-14H2,1-3H3,(H,22,25)(H,23,26)/p+1. The lowest BCUT2D eigenvalue weighted by Gasteiger charge is -2.17. The lowest BCUT2D eigenvalue weighted by Crippen LogP contribution is -3.13. The number of benzene rings is 1. The fraction of sp³-hybridized carbons (Fsp3) is 0.381. The number of hydrogen-bond acceptors (Lipinski definition) is 5. The average Bonchev–Trinajstić information content (AvgIpc) is 3.19. The van der Waals surface area contributed by atoms with Crippen LogP contribution in [-0.2, 0) is 20.9 Å². The summed E-state index contributed by atoms with van der Waals surface area (Å²) in [6.07, 6.45) is -0.188. The van der Waals surface area contributed by atoms with Crippen molar-refractivity contribution in [2.45, 2.75) is 33.4 Å². The number of esters is 1. The number of nitrogens with one attached hydrogen (secondary N) is 3. The van der Waals surface area contributed by atoms with Gasteiger partial charge in [-0.15, -0.1) is 11.3 Å². The molecule has 1 heterocycles. The van der Waals surface area contributed by atoms with E-state index in [0.717, 1.165) is 9.78 Å². The number of thiophene rings is 1. The molecule has 7 nitrogen and oxygen atoms in total. The highest BCUT2D eigenvalue weighted by Crippen LogP contribution is 2.11. The summed E-state index contributed by atoms with van der Waals surface area (Å²) < 4.78 is 5.14. The van der Waals surface area contributed by atoms with Crippen LogP contribution in [0.25, 0.3) is 0 Å². The van der Waals surface area contributed by atoms with Crippen molar-refractivity contribution < 1.29 is 24.0 Å². The van der Waals surface area contributed by atoms with Gasteiger partial charge < -0.3 is 20.3 Å². The van der Waals surface area contributed by atoms with E-state index >= 15 is 0 Å². The topological polar surface area (TPSA) is 88.9 Å². The predicted octanol–water partition coefficient (Wildman–Crippen LogP) is 1.47. The van der Waals surface area contributed by atoms with Gasteiger partial charge in [0.2, 0.25) is 0 Å². The number of hydrogen-bond donors (Lipinski definition) is 3. The second-order valence-electron chi connectivity index (χ2n) is 6.89. The molecule has 2 aromatic rings. The molecule has 1 aromatic heterocycles. The average molecular weight is 419 g/mol. The molecule has 8 heteroatoms. The molecule has 1 unspecified atom stereocenters. The number of quaternary nitrogens is 1. The Hall–Kier alpha value is -2.71. The van der Waals surface area contributed by atoms with Crippen LogP contribution in [0.15, 0.2) is 41.8 Å². The number of carbonyl (C=O) groups excluding carboxylic acids is 3. The highest BCUT2D eigenvalue weighted by molar-refractivity contribution is 7.09. The highest BCUT2D eigenvalue weighted by Gasteiger charge is 2.17. The maximum Gasteiger partial charge on any atom is 0.338 e. The highest BCUT2D eigenvalue weighted by atomic mass is 32.1. The van der Waals surface area contributed by atoms with E-state index in [1.54, 1.807) is 49.4 Å². The van der Waals surface area contributed by atoms with Crippen molar-refractivity contribution in [1.82, 2.24) is 5.32 Å². The zero-order valence-electron chi connectivity index (χ0n) is 17.0. The van der Waals surface area contributed by atoms with Gasteiger partial charge in [0.15, 0.2) is 13.1 Å². The summed E-state index contributed by atoms with van der Waals surface area (Å²) in [5, 5.41) is 7.64. The molecule has 1 aromatic carbocycles. The van der Waals surface area contributed by atoms with E-state index < -0.39 is 5.97 Å². The van der Waals surface area contributed by atoms with Crippen LogP contribution in [-0.4, -0.2) is 43.5 Å². The van der Waals surface area contributed by atoms with E-state index in [9.17, 15) is 14.4 Å². The molecule has 29 heavy (non-hydrogen) atoms. The van der Waals surface area contributed by atoms with Crippen LogP contribution in [0.4, 0.5) is 5.69 Å². The SMILES string of the molecule is CC[NH+](CC(=O)NCc1cccs1)CC(=O)Nc1ccc(C(=O)OC(C)C)cc1. The summed E-state index contributed by atoms with van der Waals surface area (Å²) >= 11 is 1.59. The second-order valence-corrected chi connectivity index (χ2v) is 7.93. The fourth-order valence-corrected chi connectivity index (χ4v) is 3.25. The number of likely N-dealkylation sites (N-methyl/N-ethyl adjacent to an activating group) is 1. The zero-order chi connectivity index (χ0) is 21.2. The molecule has 0 saturated carbocycles. The molecule has 0 aliphatic rings. The molecule has 0 spiro atoms. The quantitative estimate of drug-likeness (QED) is 0.510. The molecule has 0 bridgehead atoms. The smallest absolute Gasteiger partial charge is 0.338 e. The number of carbonyl (C=O) groups is 3. The third-order valence-electron chi connectivity index (χ3n) is 4.11. The van der Waals surface area contributed by atoms with Crippen LogP contribution < -0.4 is 15.5 Å². The summed E-state index contributed by atoms with van der Waals surface area (Å²) in [4.78, 5) is 38.3. The van der Waals surface area contributed by atoms with Gasteiger partial charge in [-0.3, -0.25) is 9.59 Å². The Bertz CT molecular complexity index is 804. The van der Waals surface area contributed by atoms with E-state index in [-0.39, 0.29) is 31.0 Å². The summed E-state index contributed by atoms with van der Waals surface area (Å²) in [6.45, 7) is 7.08. The first-order valence-electron chi connectivity index (χ1n) is 9.61. The van der Waals surface area contributed by atoms with Gasteiger partial charge in [0.05, 0.1) is 24.8 Å². The number of ether oxygens (including phenoxy) is 1. The maximum atomic E-state index is 12.3. The molecule has 0 aliphatic heterocycles. The Kier molecular flexibility index (Phi) is 8.82. The van der Waals surface area contributed by atoms with E-state index in [2.05, 4.69) is 10.6 Å². The monoisotopic (exact) mass is 418 g/mol. The van der Waals surface area contributed by atoms with Gasteiger partial charge >= 0.3 is 5.97 Å². The van der Waals surface area contributed by atoms with E-state index in [4.69, 9.17) is 4.74 Å². The molecule has 0 aliphatic carbocycles. The largest absolute Gasteiger partial charge is 0.459 e. The summed E-state index contributed by atoms with van der Waals surface area (Å²) in [5.74, 6) is -0.672. The van der Waals surface area contributed by atoms with Gasteiger partial charge in [0.1, 0.15) is 0 Å². The fourth-order valence-electron chi connectivity index (χ4n) is 2.60. The lowest BCUT2D eigenvalue weighted by molar-refractivity contribution is -0.881. The van der Waals surface area contributed by atoms with Crippen LogP contribution in [0.2, 0.25) is 0 Å². The Labute approximate surface area is 175 Å². The molecule has 0 radical (unpaired) electrons. The van der Waals surface area contributed by atoms with Crippen LogP contribution in [0, 0.1) is 0 Å². The molecular weight excluding hydrogens is 390 g/mol. The Morgan fingerprint density at radius 3 is 2.34 bits per heavy atom. The number of rotatable bonds is 10. The van der Waals surface area contributed by atoms with Crippen molar-refractivity contribution in [2.75, 3.05) is 25.0 Å². The minimum absolute atomic E-state index is 0.0870. The normalized spacial score (nSPS) is 11.7. The number of anilines is 1. The number of amides is 2. The molecule has 1 atom stereocenters. The Balaban J connectivity index is 1.80. The van der Waals surface area contributed by atoms with E-state index in [0.29, 0.717) is 24.3 Å². The van der Waals surface area contributed by atoms with Gasteiger partial charge in [-0.2, -0.15) is 0 Å². The third kappa shape index (κ3) is 8.05.